The van der Waals surface area contributed by atoms with Crippen LogP contribution in [0.2, 0.25) is 0 Å². The number of pyridine rings is 1. The van der Waals surface area contributed by atoms with E-state index in [1.54, 1.807) is 0 Å². The largest absolute Gasteiger partial charge is 0.490 e. The number of carbonyl (C=O) groups excluding carboxylic acids is 1. The van der Waals surface area contributed by atoms with Crippen LogP contribution >= 0.6 is 0 Å². The highest BCUT2D eigenvalue weighted by Gasteiger charge is 2.46. The number of alkyl halides is 6. The minimum absolute atomic E-state index is 0.00827. The molecule has 1 saturated heterocycles. The number of hydrogen-bond donors (Lipinski definition) is 2. The lowest BCUT2D eigenvalue weighted by Crippen LogP contribution is -2.53. The van der Waals surface area contributed by atoms with E-state index in [0.29, 0.717) is 5.92 Å². The lowest BCUT2D eigenvalue weighted by Gasteiger charge is -2.45. The van der Waals surface area contributed by atoms with E-state index in [4.69, 9.17) is 24.9 Å². The van der Waals surface area contributed by atoms with Gasteiger partial charge in [0.1, 0.15) is 0 Å². The summed E-state index contributed by atoms with van der Waals surface area (Å²) in [4.78, 5) is 39.1. The maximum absolute atomic E-state index is 12.7. The van der Waals surface area contributed by atoms with Crippen molar-refractivity contribution in [2.45, 2.75) is 57.5 Å². The highest BCUT2D eigenvalue weighted by atomic mass is 19.4. The Hall–Kier alpha value is -3.69. The van der Waals surface area contributed by atoms with E-state index in [9.17, 15) is 31.1 Å². The van der Waals surface area contributed by atoms with Crippen molar-refractivity contribution in [3.05, 3.63) is 47.5 Å². The number of hydrogen-bond acceptors (Lipinski definition) is 6. The number of carboxylic acids is 2. The smallest absolute Gasteiger partial charge is 0.475 e. The zero-order valence-electron chi connectivity index (χ0n) is 22.5. The molecule has 1 amide bonds. The molecule has 2 aliphatic heterocycles. The third kappa shape index (κ3) is 9.43. The quantitative estimate of drug-likeness (QED) is 0.511. The summed E-state index contributed by atoms with van der Waals surface area (Å²) in [6, 6.07) is 4.13. The van der Waals surface area contributed by atoms with E-state index >= 15 is 0 Å². The fraction of sp³-hybridized carbons (Fsp3) is 0.560. The normalized spacial score (nSPS) is 16.8. The van der Waals surface area contributed by atoms with Crippen molar-refractivity contribution in [2.75, 3.05) is 26.7 Å². The predicted octanol–water partition coefficient (Wildman–Crippen LogP) is 3.82. The number of carbonyl (C=O) groups is 3. The number of fused-ring (bicyclic) bond motifs is 2. The second-order valence-electron chi connectivity index (χ2n) is 10.2. The van der Waals surface area contributed by atoms with E-state index in [0.717, 1.165) is 56.8 Å². The Morgan fingerprint density at radius 3 is 2.02 bits per heavy atom. The van der Waals surface area contributed by atoms with Crippen molar-refractivity contribution < 1.29 is 50.9 Å². The second kappa shape index (κ2) is 13.3. The van der Waals surface area contributed by atoms with E-state index in [-0.39, 0.29) is 11.3 Å². The summed E-state index contributed by atoms with van der Waals surface area (Å²) in [6.07, 6.45) is -2.36. The summed E-state index contributed by atoms with van der Waals surface area (Å²) in [6.45, 7) is 8.97. The summed E-state index contributed by atoms with van der Waals surface area (Å²) in [5.74, 6) is -4.89. The van der Waals surface area contributed by atoms with Crippen LogP contribution < -0.4 is 0 Å². The Labute approximate surface area is 231 Å². The van der Waals surface area contributed by atoms with Crippen molar-refractivity contribution in [3.63, 3.8) is 0 Å². The first-order valence-corrected chi connectivity index (χ1v) is 12.4. The third-order valence-electron chi connectivity index (χ3n) is 6.36. The van der Waals surface area contributed by atoms with Gasteiger partial charge in [-0.1, -0.05) is 19.9 Å². The molecule has 2 N–H and O–H groups in total. The monoisotopic (exact) mass is 595 g/mol. The van der Waals surface area contributed by atoms with Crippen LogP contribution in [0.15, 0.2) is 30.7 Å². The van der Waals surface area contributed by atoms with Crippen molar-refractivity contribution in [3.8, 4) is 0 Å². The first kappa shape index (κ1) is 33.5. The number of amides is 1. The van der Waals surface area contributed by atoms with Gasteiger partial charge in [-0.3, -0.25) is 19.4 Å². The summed E-state index contributed by atoms with van der Waals surface area (Å²) in [7, 11) is 1.93. The fourth-order valence-electron chi connectivity index (χ4n) is 4.53. The standard InChI is InChI=1S/C21H29N5O.2C2HF3O2/c1-16(2)12-26-14-18-19(23-26)21(15-24(3)20(18)27)6-9-25(10-7-21)13-17-5-4-8-22-11-17;2*3-2(4,5)1(6)7/h4-5,8,11,14,16H,6-7,9-10,12-13,15H2,1-3H3;2*(H,6,7). The maximum Gasteiger partial charge on any atom is 0.490 e. The van der Waals surface area contributed by atoms with Gasteiger partial charge in [0.25, 0.3) is 5.91 Å². The second-order valence-corrected chi connectivity index (χ2v) is 10.2. The minimum Gasteiger partial charge on any atom is -0.475 e. The zero-order valence-corrected chi connectivity index (χ0v) is 22.5. The van der Waals surface area contributed by atoms with Gasteiger partial charge in [-0.05, 0) is 43.5 Å². The molecule has 2 aliphatic rings. The molecule has 4 rings (SSSR count). The number of rotatable bonds is 4. The first-order valence-electron chi connectivity index (χ1n) is 12.4. The Bertz CT molecular complexity index is 1170. The van der Waals surface area contributed by atoms with Crippen LogP contribution in [0.5, 0.6) is 0 Å². The first-order chi connectivity index (χ1) is 18.9. The molecule has 4 heterocycles. The number of halogens is 6. The molecule has 10 nitrogen and oxygen atoms in total. The molecule has 0 bridgehead atoms. The van der Waals surface area contributed by atoms with Gasteiger partial charge in [-0.15, -0.1) is 0 Å². The molecule has 0 radical (unpaired) electrons. The summed E-state index contributed by atoms with van der Waals surface area (Å²) in [5, 5.41) is 19.2. The molecule has 1 spiro atoms. The van der Waals surface area contributed by atoms with Crippen LogP contribution in [0.25, 0.3) is 0 Å². The van der Waals surface area contributed by atoms with Crippen LogP contribution in [0.3, 0.4) is 0 Å². The average Bonchev–Trinajstić information content (AvgIpc) is 3.29. The average molecular weight is 596 g/mol. The number of carboxylic acid groups (broad SMARTS) is 2. The highest BCUT2D eigenvalue weighted by molar-refractivity contribution is 5.96. The van der Waals surface area contributed by atoms with Gasteiger partial charge < -0.3 is 15.1 Å². The van der Waals surface area contributed by atoms with E-state index in [2.05, 4.69) is 29.8 Å². The predicted molar refractivity (Wildman–Crippen MR) is 132 cm³/mol. The van der Waals surface area contributed by atoms with Crippen LogP contribution in [-0.4, -0.2) is 91.7 Å². The minimum atomic E-state index is -5.08. The molecular formula is C25H31F6N5O5. The van der Waals surface area contributed by atoms with Crippen LogP contribution in [0, 0.1) is 5.92 Å². The molecule has 0 saturated carbocycles. The summed E-state index contributed by atoms with van der Waals surface area (Å²) >= 11 is 0. The molecule has 2 aromatic heterocycles. The Balaban J connectivity index is 0.000000349. The molecule has 0 aliphatic carbocycles. The highest BCUT2D eigenvalue weighted by Crippen LogP contribution is 2.41. The summed E-state index contributed by atoms with van der Waals surface area (Å²) in [5.41, 5.74) is 3.09. The molecule has 16 heteroatoms. The van der Waals surface area contributed by atoms with E-state index in [1.165, 1.54) is 5.56 Å². The van der Waals surface area contributed by atoms with E-state index < -0.39 is 24.3 Å². The van der Waals surface area contributed by atoms with Gasteiger partial charge >= 0.3 is 24.3 Å². The zero-order chi connectivity index (χ0) is 31.2. The fourth-order valence-corrected chi connectivity index (χ4v) is 4.53. The van der Waals surface area contributed by atoms with E-state index in [1.807, 2.05) is 41.3 Å². The van der Waals surface area contributed by atoms with Crippen LogP contribution in [-0.2, 0) is 28.1 Å². The SMILES string of the molecule is CC(C)Cn1cc2c(n1)C1(CCN(Cc3cccnc3)CC1)CN(C)C2=O.O=C(O)C(F)(F)F.O=C(O)C(F)(F)F. The third-order valence-corrected chi connectivity index (χ3v) is 6.36. The van der Waals surface area contributed by atoms with Crippen molar-refractivity contribution in [2.24, 2.45) is 5.92 Å². The van der Waals surface area contributed by atoms with Gasteiger partial charge in [0.15, 0.2) is 0 Å². The lowest BCUT2D eigenvalue weighted by molar-refractivity contribution is -0.193. The van der Waals surface area contributed by atoms with Gasteiger partial charge in [0, 0.05) is 50.7 Å². The number of nitrogens with zero attached hydrogens (tertiary/aromatic N) is 5. The Morgan fingerprint density at radius 2 is 1.59 bits per heavy atom. The van der Waals surface area contributed by atoms with Gasteiger partial charge in [0.05, 0.1) is 11.3 Å². The molecule has 228 valence electrons. The molecule has 41 heavy (non-hydrogen) atoms. The molecule has 0 atom stereocenters. The van der Waals surface area contributed by atoms with Gasteiger partial charge in [0.2, 0.25) is 0 Å². The molecule has 0 unspecified atom stereocenters. The number of aliphatic carboxylic acids is 2. The molecule has 1 fully saturated rings. The number of aromatic nitrogens is 3. The summed E-state index contributed by atoms with van der Waals surface area (Å²) < 4.78 is 65.5. The molecular weight excluding hydrogens is 564 g/mol. The number of likely N-dealkylation sites (N-methyl/N-ethyl adjacent to an activating group) is 1. The Kier molecular flexibility index (Phi) is 10.9. The van der Waals surface area contributed by atoms with Gasteiger partial charge in [-0.25, -0.2) is 9.59 Å². The van der Waals surface area contributed by atoms with Crippen LogP contribution in [0.1, 0.15) is 48.3 Å². The topological polar surface area (TPSA) is 129 Å². The van der Waals surface area contributed by atoms with Crippen molar-refractivity contribution >= 4 is 17.8 Å². The van der Waals surface area contributed by atoms with Gasteiger partial charge in [-0.2, -0.15) is 31.4 Å². The lowest BCUT2D eigenvalue weighted by atomic mass is 9.72. The maximum atomic E-state index is 12.7. The molecule has 0 aromatic carbocycles. The van der Waals surface area contributed by atoms with Crippen molar-refractivity contribution in [1.82, 2.24) is 24.6 Å². The van der Waals surface area contributed by atoms with Crippen LogP contribution in [0.4, 0.5) is 26.3 Å². The number of piperidine rings is 1. The number of likely N-dealkylation sites (tertiary alicyclic amines) is 1. The van der Waals surface area contributed by atoms with Crippen molar-refractivity contribution in [1.29, 1.82) is 0 Å². The molecule has 2 aromatic rings. The Morgan fingerprint density at radius 1 is 1.05 bits per heavy atom.